The second-order valence-electron chi connectivity index (χ2n) is 5.18. The molecule has 0 aliphatic heterocycles. The van der Waals surface area contributed by atoms with Gasteiger partial charge in [-0.2, -0.15) is 11.8 Å². The van der Waals surface area contributed by atoms with E-state index in [1.807, 2.05) is 13.2 Å². The number of nitrogens with one attached hydrogen (secondary N) is 1. The summed E-state index contributed by atoms with van der Waals surface area (Å²) < 4.78 is 26.2. The predicted octanol–water partition coefficient (Wildman–Crippen LogP) is 1.53. The highest BCUT2D eigenvalue weighted by atomic mass is 32.2. The van der Waals surface area contributed by atoms with Crippen molar-refractivity contribution < 1.29 is 8.42 Å². The Kier molecular flexibility index (Phi) is 6.44. The highest BCUT2D eigenvalue weighted by Crippen LogP contribution is 2.20. The SMILES string of the molecule is CSCCC(C)N(C)S(=O)(=O)C(C)CNC1CC1. The normalized spacial score (nSPS) is 20.1. The summed E-state index contributed by atoms with van der Waals surface area (Å²) in [4.78, 5) is 0. The fraction of sp³-hybridized carbons (Fsp3) is 1.00. The molecule has 1 aliphatic rings. The van der Waals surface area contributed by atoms with Gasteiger partial charge in [0.1, 0.15) is 0 Å². The van der Waals surface area contributed by atoms with Crippen LogP contribution >= 0.6 is 11.8 Å². The van der Waals surface area contributed by atoms with Gasteiger partial charge in [-0.25, -0.2) is 12.7 Å². The number of thioether (sulfide) groups is 1. The van der Waals surface area contributed by atoms with E-state index in [-0.39, 0.29) is 11.3 Å². The molecule has 1 saturated carbocycles. The highest BCUT2D eigenvalue weighted by molar-refractivity contribution is 7.98. The molecule has 1 aliphatic carbocycles. The maximum atomic E-state index is 12.3. The third kappa shape index (κ3) is 4.72. The van der Waals surface area contributed by atoms with Gasteiger partial charge in [0.25, 0.3) is 0 Å². The lowest BCUT2D eigenvalue weighted by Crippen LogP contribution is -2.44. The molecule has 108 valence electrons. The van der Waals surface area contributed by atoms with Crippen LogP contribution in [0.1, 0.15) is 33.1 Å². The maximum absolute atomic E-state index is 12.3. The molecule has 2 unspecified atom stereocenters. The van der Waals surface area contributed by atoms with Crippen molar-refractivity contribution in [3.8, 4) is 0 Å². The van der Waals surface area contributed by atoms with Gasteiger partial charge in [0.05, 0.1) is 5.25 Å². The molecule has 1 fully saturated rings. The zero-order valence-corrected chi connectivity index (χ0v) is 13.5. The van der Waals surface area contributed by atoms with Crippen molar-refractivity contribution in [2.75, 3.05) is 25.6 Å². The van der Waals surface area contributed by atoms with E-state index in [1.54, 1.807) is 30.0 Å². The predicted molar refractivity (Wildman–Crippen MR) is 79.6 cm³/mol. The van der Waals surface area contributed by atoms with Crippen molar-refractivity contribution in [2.24, 2.45) is 0 Å². The minimum absolute atomic E-state index is 0.0748. The van der Waals surface area contributed by atoms with Crippen LogP contribution < -0.4 is 5.32 Å². The van der Waals surface area contributed by atoms with Gasteiger partial charge in [0.15, 0.2) is 0 Å². The van der Waals surface area contributed by atoms with E-state index in [0.717, 1.165) is 12.2 Å². The first-order valence-corrected chi connectivity index (χ1v) is 9.48. The van der Waals surface area contributed by atoms with Gasteiger partial charge in [-0.05, 0) is 45.1 Å². The minimum Gasteiger partial charge on any atom is -0.313 e. The molecular formula is C12H26N2O2S2. The van der Waals surface area contributed by atoms with Crippen molar-refractivity contribution in [1.29, 1.82) is 0 Å². The molecule has 0 aromatic rings. The molecule has 1 N–H and O–H groups in total. The average Bonchev–Trinajstić information content (AvgIpc) is 3.15. The summed E-state index contributed by atoms with van der Waals surface area (Å²) in [5.74, 6) is 0.996. The van der Waals surface area contributed by atoms with Crippen LogP contribution in [0, 0.1) is 0 Å². The lowest BCUT2D eigenvalue weighted by atomic mass is 10.3. The van der Waals surface area contributed by atoms with E-state index in [4.69, 9.17) is 0 Å². The summed E-state index contributed by atoms with van der Waals surface area (Å²) in [5, 5.41) is 2.94. The number of nitrogens with zero attached hydrogens (tertiary/aromatic N) is 1. The molecule has 0 bridgehead atoms. The molecule has 6 heteroatoms. The molecule has 0 spiro atoms. The first kappa shape index (κ1) is 16.3. The summed E-state index contributed by atoms with van der Waals surface area (Å²) in [6, 6.07) is 0.632. The van der Waals surface area contributed by atoms with E-state index in [0.29, 0.717) is 12.6 Å². The third-order valence-electron chi connectivity index (χ3n) is 3.54. The van der Waals surface area contributed by atoms with Gasteiger partial charge < -0.3 is 5.32 Å². The maximum Gasteiger partial charge on any atom is 0.217 e. The van der Waals surface area contributed by atoms with Gasteiger partial charge in [-0.3, -0.25) is 0 Å². The van der Waals surface area contributed by atoms with Gasteiger partial charge in [0.2, 0.25) is 10.0 Å². The van der Waals surface area contributed by atoms with Crippen LogP contribution in [0.3, 0.4) is 0 Å². The van der Waals surface area contributed by atoms with Crippen LogP contribution in [0.15, 0.2) is 0 Å². The lowest BCUT2D eigenvalue weighted by Gasteiger charge is -2.27. The molecule has 1 rings (SSSR count). The number of sulfonamides is 1. The Morgan fingerprint density at radius 1 is 1.39 bits per heavy atom. The summed E-state index contributed by atoms with van der Waals surface area (Å²) in [6.07, 6.45) is 5.32. The largest absolute Gasteiger partial charge is 0.313 e. The van der Waals surface area contributed by atoms with Crippen molar-refractivity contribution >= 4 is 21.8 Å². The zero-order chi connectivity index (χ0) is 13.8. The van der Waals surface area contributed by atoms with E-state index in [1.165, 1.54) is 12.8 Å². The quantitative estimate of drug-likeness (QED) is 0.701. The monoisotopic (exact) mass is 294 g/mol. The second kappa shape index (κ2) is 7.12. The van der Waals surface area contributed by atoms with Crippen LogP contribution in [-0.2, 0) is 10.0 Å². The van der Waals surface area contributed by atoms with E-state index >= 15 is 0 Å². The van der Waals surface area contributed by atoms with Crippen LogP contribution in [0.25, 0.3) is 0 Å². The molecule has 0 radical (unpaired) electrons. The smallest absolute Gasteiger partial charge is 0.217 e. The van der Waals surface area contributed by atoms with Crippen LogP contribution in [0.4, 0.5) is 0 Å². The minimum atomic E-state index is -3.17. The Morgan fingerprint density at radius 3 is 2.50 bits per heavy atom. The first-order valence-electron chi connectivity index (χ1n) is 6.58. The average molecular weight is 294 g/mol. The van der Waals surface area contributed by atoms with Gasteiger partial charge in [0, 0.05) is 25.7 Å². The van der Waals surface area contributed by atoms with E-state index in [9.17, 15) is 8.42 Å². The Hall–Kier alpha value is 0.220. The summed E-state index contributed by atoms with van der Waals surface area (Å²) in [7, 11) is -1.47. The molecule has 18 heavy (non-hydrogen) atoms. The Balaban J connectivity index is 2.47. The Bertz CT molecular complexity index is 342. The summed E-state index contributed by atoms with van der Waals surface area (Å²) >= 11 is 1.75. The molecule has 0 amide bonds. The molecule has 2 atom stereocenters. The summed E-state index contributed by atoms with van der Waals surface area (Å²) in [6.45, 7) is 4.34. The van der Waals surface area contributed by atoms with Gasteiger partial charge in [-0.1, -0.05) is 0 Å². The van der Waals surface area contributed by atoms with Crippen molar-refractivity contribution in [3.05, 3.63) is 0 Å². The molecule has 0 aromatic heterocycles. The topological polar surface area (TPSA) is 49.4 Å². The van der Waals surface area contributed by atoms with Crippen molar-refractivity contribution in [3.63, 3.8) is 0 Å². The zero-order valence-electron chi connectivity index (χ0n) is 11.8. The molecule has 4 nitrogen and oxygen atoms in total. The van der Waals surface area contributed by atoms with Crippen LogP contribution in [0.2, 0.25) is 0 Å². The standard InChI is InChI=1S/C12H26N2O2S2/c1-10(7-8-17-4)14(3)18(15,16)11(2)9-13-12-5-6-12/h10-13H,5-9H2,1-4H3. The Labute approximate surface area is 116 Å². The molecule has 0 heterocycles. The number of hydrogen-bond acceptors (Lipinski definition) is 4. The molecule has 0 saturated heterocycles. The van der Waals surface area contributed by atoms with Crippen molar-refractivity contribution in [2.45, 2.75) is 50.4 Å². The van der Waals surface area contributed by atoms with E-state index < -0.39 is 10.0 Å². The van der Waals surface area contributed by atoms with E-state index in [2.05, 4.69) is 5.32 Å². The number of hydrogen-bond donors (Lipinski definition) is 1. The van der Waals surface area contributed by atoms with Crippen LogP contribution in [0.5, 0.6) is 0 Å². The summed E-state index contributed by atoms with van der Waals surface area (Å²) in [5.41, 5.74) is 0. The molecular weight excluding hydrogens is 268 g/mol. The second-order valence-corrected chi connectivity index (χ2v) is 8.58. The fourth-order valence-corrected chi connectivity index (χ4v) is 3.79. The third-order valence-corrected chi connectivity index (χ3v) is 6.53. The Morgan fingerprint density at radius 2 is 2.00 bits per heavy atom. The highest BCUT2D eigenvalue weighted by Gasteiger charge is 2.30. The first-order chi connectivity index (χ1) is 8.39. The van der Waals surface area contributed by atoms with Crippen LogP contribution in [-0.4, -0.2) is 55.7 Å². The lowest BCUT2D eigenvalue weighted by molar-refractivity contribution is 0.376. The fourth-order valence-electron chi connectivity index (χ4n) is 1.73. The number of rotatable bonds is 9. The van der Waals surface area contributed by atoms with Gasteiger partial charge >= 0.3 is 0 Å². The van der Waals surface area contributed by atoms with Crippen molar-refractivity contribution in [1.82, 2.24) is 9.62 Å². The van der Waals surface area contributed by atoms with Gasteiger partial charge in [-0.15, -0.1) is 0 Å². The molecule has 0 aromatic carbocycles.